The fourth-order valence-electron chi connectivity index (χ4n) is 2.79. The smallest absolute Gasteiger partial charge is 0.260 e. The van der Waals surface area contributed by atoms with Gasteiger partial charge in [-0.3, -0.25) is 4.79 Å². The first-order valence-electron chi connectivity index (χ1n) is 8.07. The summed E-state index contributed by atoms with van der Waals surface area (Å²) in [6, 6.07) is 12.9. The molecule has 0 aliphatic carbocycles. The monoisotopic (exact) mass is 379 g/mol. The van der Waals surface area contributed by atoms with Crippen LogP contribution in [-0.2, 0) is 9.53 Å². The molecule has 1 fully saturated rings. The summed E-state index contributed by atoms with van der Waals surface area (Å²) in [6.45, 7) is 3.42. The van der Waals surface area contributed by atoms with Crippen LogP contribution in [0, 0.1) is 6.92 Å². The number of ether oxygens (including phenoxy) is 2. The van der Waals surface area contributed by atoms with Crippen molar-refractivity contribution in [2.45, 2.75) is 13.0 Å². The lowest BCUT2D eigenvalue weighted by Gasteiger charge is -2.33. The summed E-state index contributed by atoms with van der Waals surface area (Å²) in [7, 11) is 0. The average Bonchev–Trinajstić information content (AvgIpc) is 2.60. The predicted octanol–water partition coefficient (Wildman–Crippen LogP) is 4.28. The quantitative estimate of drug-likeness (QED) is 0.795. The molecule has 25 heavy (non-hydrogen) atoms. The summed E-state index contributed by atoms with van der Waals surface area (Å²) in [5.74, 6) is 0.659. The first kappa shape index (κ1) is 18.1. The second-order valence-electron chi connectivity index (χ2n) is 5.96. The Labute approximate surface area is 157 Å². The topological polar surface area (TPSA) is 38.8 Å². The minimum Gasteiger partial charge on any atom is -0.484 e. The van der Waals surface area contributed by atoms with Crippen LogP contribution >= 0.6 is 23.2 Å². The van der Waals surface area contributed by atoms with Crippen LogP contribution in [0.3, 0.4) is 0 Å². The molecule has 0 N–H and O–H groups in total. The third-order valence-corrected chi connectivity index (χ3v) is 4.56. The van der Waals surface area contributed by atoms with Crippen LogP contribution in [0.15, 0.2) is 42.5 Å². The molecule has 1 atom stereocenters. The molecule has 3 rings (SSSR count). The van der Waals surface area contributed by atoms with Gasteiger partial charge in [0.15, 0.2) is 6.61 Å². The Morgan fingerprint density at radius 2 is 1.96 bits per heavy atom. The molecule has 1 unspecified atom stereocenters. The minimum atomic E-state index is -0.243. The van der Waals surface area contributed by atoms with Crippen molar-refractivity contribution in [2.24, 2.45) is 0 Å². The van der Waals surface area contributed by atoms with Crippen molar-refractivity contribution in [1.82, 2.24) is 4.90 Å². The summed E-state index contributed by atoms with van der Waals surface area (Å²) in [4.78, 5) is 14.2. The number of halogens is 2. The van der Waals surface area contributed by atoms with Gasteiger partial charge in [0.2, 0.25) is 0 Å². The van der Waals surface area contributed by atoms with Crippen molar-refractivity contribution >= 4 is 29.1 Å². The highest BCUT2D eigenvalue weighted by Gasteiger charge is 2.26. The van der Waals surface area contributed by atoms with E-state index in [1.54, 1.807) is 11.0 Å². The number of amides is 1. The predicted molar refractivity (Wildman–Crippen MR) is 98.4 cm³/mol. The maximum atomic E-state index is 12.5. The van der Waals surface area contributed by atoms with E-state index in [2.05, 4.69) is 0 Å². The molecule has 1 heterocycles. The Kier molecular flexibility index (Phi) is 5.84. The van der Waals surface area contributed by atoms with Crippen molar-refractivity contribution in [2.75, 3.05) is 26.3 Å². The minimum absolute atomic E-state index is 0.00781. The molecule has 0 aromatic heterocycles. The fourth-order valence-corrected chi connectivity index (χ4v) is 3.33. The molecule has 0 bridgehead atoms. The molecule has 1 saturated heterocycles. The molecule has 1 aliphatic rings. The largest absolute Gasteiger partial charge is 0.484 e. The number of carbonyl (C=O) groups excluding carboxylic acids is 1. The van der Waals surface area contributed by atoms with E-state index < -0.39 is 0 Å². The van der Waals surface area contributed by atoms with Gasteiger partial charge >= 0.3 is 0 Å². The summed E-state index contributed by atoms with van der Waals surface area (Å²) in [5.41, 5.74) is 1.87. The molecule has 0 radical (unpaired) electrons. The normalized spacial score (nSPS) is 17.4. The molecule has 6 heteroatoms. The van der Waals surface area contributed by atoms with Crippen LogP contribution in [0.4, 0.5) is 0 Å². The molecule has 132 valence electrons. The lowest BCUT2D eigenvalue weighted by molar-refractivity contribution is -0.141. The van der Waals surface area contributed by atoms with E-state index in [-0.39, 0.29) is 18.6 Å². The van der Waals surface area contributed by atoms with E-state index in [0.717, 1.165) is 16.9 Å². The summed E-state index contributed by atoms with van der Waals surface area (Å²) in [6.07, 6.45) is -0.243. The first-order valence-corrected chi connectivity index (χ1v) is 8.82. The van der Waals surface area contributed by atoms with Gasteiger partial charge in [-0.2, -0.15) is 0 Å². The van der Waals surface area contributed by atoms with Gasteiger partial charge in [-0.05, 0) is 42.3 Å². The van der Waals surface area contributed by atoms with Crippen molar-refractivity contribution in [3.8, 4) is 5.75 Å². The maximum absolute atomic E-state index is 12.5. The van der Waals surface area contributed by atoms with Crippen molar-refractivity contribution in [3.05, 3.63) is 63.6 Å². The highest BCUT2D eigenvalue weighted by Crippen LogP contribution is 2.28. The van der Waals surface area contributed by atoms with E-state index in [1.807, 2.05) is 43.3 Å². The Morgan fingerprint density at radius 3 is 2.68 bits per heavy atom. The number of hydrogen-bond acceptors (Lipinski definition) is 3. The van der Waals surface area contributed by atoms with Gasteiger partial charge in [-0.15, -0.1) is 0 Å². The van der Waals surface area contributed by atoms with Crippen LogP contribution in [0.25, 0.3) is 0 Å². The number of rotatable bonds is 4. The van der Waals surface area contributed by atoms with Crippen LogP contribution in [0.2, 0.25) is 10.0 Å². The zero-order chi connectivity index (χ0) is 17.8. The van der Waals surface area contributed by atoms with Gasteiger partial charge in [-0.25, -0.2) is 0 Å². The Balaban J connectivity index is 1.62. The standard InChI is InChI=1S/C19H19Cl2NO3/c1-13-4-2-3-5-17(13)25-12-19(23)22-6-7-24-18(11-22)14-8-15(20)10-16(21)9-14/h2-5,8-10,18H,6-7,11-12H2,1H3. The lowest BCUT2D eigenvalue weighted by Crippen LogP contribution is -2.44. The number of benzene rings is 2. The highest BCUT2D eigenvalue weighted by molar-refractivity contribution is 6.34. The van der Waals surface area contributed by atoms with E-state index in [4.69, 9.17) is 32.7 Å². The van der Waals surface area contributed by atoms with Gasteiger partial charge in [0.1, 0.15) is 11.9 Å². The van der Waals surface area contributed by atoms with Crippen LogP contribution in [-0.4, -0.2) is 37.1 Å². The molecule has 2 aromatic rings. The Bertz CT molecular complexity index is 746. The third-order valence-electron chi connectivity index (χ3n) is 4.12. The van der Waals surface area contributed by atoms with Gasteiger partial charge < -0.3 is 14.4 Å². The lowest BCUT2D eigenvalue weighted by atomic mass is 10.1. The number of hydrogen-bond donors (Lipinski definition) is 0. The molecular weight excluding hydrogens is 361 g/mol. The SMILES string of the molecule is Cc1ccccc1OCC(=O)N1CCOC(c2cc(Cl)cc(Cl)c2)C1. The number of nitrogens with zero attached hydrogens (tertiary/aromatic N) is 1. The maximum Gasteiger partial charge on any atom is 0.260 e. The van der Waals surface area contributed by atoms with Crippen molar-refractivity contribution in [1.29, 1.82) is 0 Å². The second kappa shape index (κ2) is 8.09. The van der Waals surface area contributed by atoms with Crippen LogP contribution in [0.5, 0.6) is 5.75 Å². The molecule has 2 aromatic carbocycles. The summed E-state index contributed by atoms with van der Waals surface area (Å²) >= 11 is 12.1. The third kappa shape index (κ3) is 4.66. The number of carbonyl (C=O) groups is 1. The molecular formula is C19H19Cl2NO3. The molecule has 4 nitrogen and oxygen atoms in total. The fraction of sp³-hybridized carbons (Fsp3) is 0.316. The van der Waals surface area contributed by atoms with Gasteiger partial charge in [0.05, 0.1) is 13.2 Å². The van der Waals surface area contributed by atoms with Crippen LogP contribution < -0.4 is 4.74 Å². The molecule has 0 spiro atoms. The zero-order valence-electron chi connectivity index (χ0n) is 13.9. The van der Waals surface area contributed by atoms with E-state index in [9.17, 15) is 4.79 Å². The van der Waals surface area contributed by atoms with Crippen molar-refractivity contribution in [3.63, 3.8) is 0 Å². The van der Waals surface area contributed by atoms with Gasteiger partial charge in [-0.1, -0.05) is 41.4 Å². The number of aryl methyl sites for hydroxylation is 1. The Morgan fingerprint density at radius 1 is 1.24 bits per heavy atom. The summed E-state index contributed by atoms with van der Waals surface area (Å²) in [5, 5.41) is 1.11. The van der Waals surface area contributed by atoms with Gasteiger partial charge in [0, 0.05) is 16.6 Å². The molecule has 0 saturated carbocycles. The molecule has 1 amide bonds. The second-order valence-corrected chi connectivity index (χ2v) is 6.83. The number of para-hydroxylation sites is 1. The molecule has 1 aliphatic heterocycles. The highest BCUT2D eigenvalue weighted by atomic mass is 35.5. The average molecular weight is 380 g/mol. The first-order chi connectivity index (χ1) is 12.0. The van der Waals surface area contributed by atoms with Crippen LogP contribution in [0.1, 0.15) is 17.2 Å². The van der Waals surface area contributed by atoms with E-state index in [0.29, 0.717) is 29.7 Å². The van der Waals surface area contributed by atoms with Gasteiger partial charge in [0.25, 0.3) is 5.91 Å². The number of morpholine rings is 1. The Hall–Kier alpha value is -1.75. The van der Waals surface area contributed by atoms with E-state index >= 15 is 0 Å². The zero-order valence-corrected chi connectivity index (χ0v) is 15.4. The van der Waals surface area contributed by atoms with Crippen molar-refractivity contribution < 1.29 is 14.3 Å². The summed E-state index contributed by atoms with van der Waals surface area (Å²) < 4.78 is 11.4. The van der Waals surface area contributed by atoms with E-state index in [1.165, 1.54) is 0 Å².